The van der Waals surface area contributed by atoms with E-state index in [9.17, 15) is 9.18 Å². The number of hydrogen-bond donors (Lipinski definition) is 1. The van der Waals surface area contributed by atoms with Crippen molar-refractivity contribution in [2.45, 2.75) is 25.5 Å². The molecule has 0 saturated carbocycles. The fourth-order valence-electron chi connectivity index (χ4n) is 4.33. The van der Waals surface area contributed by atoms with E-state index in [-0.39, 0.29) is 24.2 Å². The van der Waals surface area contributed by atoms with Crippen LogP contribution >= 0.6 is 0 Å². The van der Waals surface area contributed by atoms with Gasteiger partial charge in [-0.05, 0) is 49.2 Å². The van der Waals surface area contributed by atoms with Crippen LogP contribution in [-0.2, 0) is 11.4 Å². The van der Waals surface area contributed by atoms with E-state index in [2.05, 4.69) is 19.9 Å². The number of aldehydes is 1. The Kier molecular flexibility index (Phi) is 6.34. The zero-order valence-electron chi connectivity index (χ0n) is 18.9. The lowest BCUT2D eigenvalue weighted by atomic mass is 10.1. The quantitative estimate of drug-likeness (QED) is 0.320. The maximum Gasteiger partial charge on any atom is 0.165 e. The minimum atomic E-state index is -0.514. The van der Waals surface area contributed by atoms with Gasteiger partial charge in [0.25, 0.3) is 0 Å². The molecule has 0 bridgehead atoms. The van der Waals surface area contributed by atoms with Crippen LogP contribution in [0.1, 0.15) is 24.6 Å². The van der Waals surface area contributed by atoms with Gasteiger partial charge in [-0.2, -0.15) is 5.10 Å². The highest BCUT2D eigenvalue weighted by Crippen LogP contribution is 2.35. The third kappa shape index (κ3) is 4.68. The summed E-state index contributed by atoms with van der Waals surface area (Å²) in [6.07, 6.45) is 8.92. The minimum absolute atomic E-state index is 0.0106. The molecule has 1 unspecified atom stereocenters. The summed E-state index contributed by atoms with van der Waals surface area (Å²) in [6.45, 7) is 1.68. The van der Waals surface area contributed by atoms with Crippen LogP contribution in [0.15, 0.2) is 61.2 Å². The predicted molar refractivity (Wildman–Crippen MR) is 129 cm³/mol. The first-order valence-corrected chi connectivity index (χ1v) is 11.3. The van der Waals surface area contributed by atoms with Crippen molar-refractivity contribution in [3.63, 3.8) is 0 Å². The maximum absolute atomic E-state index is 15.0. The molecular weight excluding hydrogens is 449 g/mol. The van der Waals surface area contributed by atoms with Gasteiger partial charge in [0.05, 0.1) is 17.1 Å². The molecule has 4 heterocycles. The molecule has 10 heteroatoms. The van der Waals surface area contributed by atoms with Crippen molar-refractivity contribution in [2.24, 2.45) is 0 Å². The third-order valence-electron chi connectivity index (χ3n) is 5.97. The van der Waals surface area contributed by atoms with E-state index in [4.69, 9.17) is 15.6 Å². The van der Waals surface area contributed by atoms with Crippen molar-refractivity contribution in [1.29, 1.82) is 0 Å². The normalized spacial score (nSPS) is 16.1. The van der Waals surface area contributed by atoms with Crippen LogP contribution in [0, 0.1) is 5.82 Å². The molecule has 178 valence electrons. The highest BCUT2D eigenvalue weighted by atomic mass is 19.1. The summed E-state index contributed by atoms with van der Waals surface area (Å²) < 4.78 is 22.4. The van der Waals surface area contributed by atoms with Gasteiger partial charge in [0.1, 0.15) is 30.7 Å². The average Bonchev–Trinajstić information content (AvgIpc) is 3.29. The SMILES string of the molecule is Nc1ncnc2c1c(-c1ccc(OCc3ccccn3)c(F)c1)nn2C1CCCN(C=CC=O)C1. The third-order valence-corrected chi connectivity index (χ3v) is 5.97. The van der Waals surface area contributed by atoms with Gasteiger partial charge >= 0.3 is 0 Å². The molecule has 9 nitrogen and oxygen atoms in total. The van der Waals surface area contributed by atoms with E-state index in [1.807, 2.05) is 22.9 Å². The summed E-state index contributed by atoms with van der Waals surface area (Å²) in [5, 5.41) is 5.40. The smallest absolute Gasteiger partial charge is 0.165 e. The number of rotatable bonds is 7. The Morgan fingerprint density at radius 2 is 2.11 bits per heavy atom. The van der Waals surface area contributed by atoms with E-state index in [0.717, 1.165) is 25.7 Å². The molecule has 0 amide bonds. The number of pyridine rings is 1. The number of halogens is 1. The number of piperidine rings is 1. The number of carbonyl (C=O) groups excluding carboxylic acids is 1. The molecule has 1 saturated heterocycles. The fraction of sp³-hybridized carbons (Fsp3) is 0.240. The number of aromatic nitrogens is 5. The first kappa shape index (κ1) is 22.5. The monoisotopic (exact) mass is 473 g/mol. The van der Waals surface area contributed by atoms with Crippen molar-refractivity contribution in [1.82, 2.24) is 29.6 Å². The molecule has 1 aliphatic heterocycles. The topological polar surface area (TPSA) is 112 Å². The van der Waals surface area contributed by atoms with E-state index < -0.39 is 5.82 Å². The number of nitrogens with zero attached hydrogens (tertiary/aromatic N) is 6. The zero-order chi connectivity index (χ0) is 24.2. The summed E-state index contributed by atoms with van der Waals surface area (Å²) in [7, 11) is 0. The Morgan fingerprint density at radius 1 is 1.20 bits per heavy atom. The second-order valence-corrected chi connectivity index (χ2v) is 8.27. The molecule has 0 aliphatic carbocycles. The molecule has 35 heavy (non-hydrogen) atoms. The molecule has 0 spiro atoms. The number of likely N-dealkylation sites (tertiary alicyclic amines) is 1. The highest BCUT2D eigenvalue weighted by Gasteiger charge is 2.26. The lowest BCUT2D eigenvalue weighted by Gasteiger charge is -2.31. The van der Waals surface area contributed by atoms with Gasteiger partial charge in [0.15, 0.2) is 17.2 Å². The van der Waals surface area contributed by atoms with Gasteiger partial charge in [-0.1, -0.05) is 6.07 Å². The summed E-state index contributed by atoms with van der Waals surface area (Å²) in [6, 6.07) is 10.2. The zero-order valence-corrected chi connectivity index (χ0v) is 18.9. The lowest BCUT2D eigenvalue weighted by molar-refractivity contribution is -0.104. The van der Waals surface area contributed by atoms with E-state index in [0.29, 0.717) is 34.5 Å². The first-order valence-electron chi connectivity index (χ1n) is 11.3. The van der Waals surface area contributed by atoms with Crippen LogP contribution in [0.25, 0.3) is 22.3 Å². The molecule has 2 N–H and O–H groups in total. The summed E-state index contributed by atoms with van der Waals surface area (Å²) in [5.41, 5.74) is 8.57. The van der Waals surface area contributed by atoms with Crippen LogP contribution in [0.3, 0.4) is 0 Å². The number of allylic oxidation sites excluding steroid dienone is 1. The molecular formula is C25H24FN7O2. The maximum atomic E-state index is 15.0. The highest BCUT2D eigenvalue weighted by molar-refractivity contribution is 5.98. The summed E-state index contributed by atoms with van der Waals surface area (Å²) in [4.78, 5) is 25.6. The number of fused-ring (bicyclic) bond motifs is 1. The molecule has 0 radical (unpaired) electrons. The Balaban J connectivity index is 1.47. The second kappa shape index (κ2) is 9.88. The fourth-order valence-corrected chi connectivity index (χ4v) is 4.33. The molecule has 1 aliphatic rings. The van der Waals surface area contributed by atoms with Crippen LogP contribution in [0.5, 0.6) is 5.75 Å². The lowest BCUT2D eigenvalue weighted by Crippen LogP contribution is -2.33. The first-order chi connectivity index (χ1) is 17.1. The standard InChI is InChI=1S/C25H24FN7O2/c26-20-13-17(7-8-21(20)35-15-18-5-1-2-9-28-18)23-22-24(27)29-16-30-25(22)33(31-23)19-6-3-10-32(14-19)11-4-12-34/h1-2,4-5,7-9,11-13,16,19H,3,6,10,14-15H2,(H2,27,29,30). The van der Waals surface area contributed by atoms with E-state index in [1.54, 1.807) is 24.5 Å². The Labute approximate surface area is 201 Å². The second-order valence-electron chi connectivity index (χ2n) is 8.27. The van der Waals surface area contributed by atoms with Crippen molar-refractivity contribution in [3.8, 4) is 17.0 Å². The van der Waals surface area contributed by atoms with Gasteiger partial charge in [-0.15, -0.1) is 0 Å². The number of hydrogen-bond acceptors (Lipinski definition) is 8. The predicted octanol–water partition coefficient (Wildman–Crippen LogP) is 3.54. The van der Waals surface area contributed by atoms with Gasteiger partial charge in [0.2, 0.25) is 0 Å². The average molecular weight is 474 g/mol. The van der Waals surface area contributed by atoms with Crippen molar-refractivity contribution >= 4 is 23.1 Å². The van der Waals surface area contributed by atoms with Crippen molar-refractivity contribution < 1.29 is 13.9 Å². The molecule has 1 fully saturated rings. The number of benzene rings is 1. The number of carbonyl (C=O) groups is 1. The van der Waals surface area contributed by atoms with E-state index >= 15 is 0 Å². The Bertz CT molecular complexity index is 1370. The molecule has 1 aromatic carbocycles. The summed E-state index contributed by atoms with van der Waals surface area (Å²) >= 11 is 0. The number of nitrogens with two attached hydrogens (primary N) is 1. The molecule has 1 atom stereocenters. The number of ether oxygens (including phenoxy) is 1. The Morgan fingerprint density at radius 3 is 2.91 bits per heavy atom. The van der Waals surface area contributed by atoms with Crippen molar-refractivity contribution in [2.75, 3.05) is 18.8 Å². The molecule has 5 rings (SSSR count). The van der Waals surface area contributed by atoms with Crippen LogP contribution < -0.4 is 10.5 Å². The Hall–Kier alpha value is -4.34. The van der Waals surface area contributed by atoms with Crippen molar-refractivity contribution in [3.05, 3.63) is 72.7 Å². The van der Waals surface area contributed by atoms with Gasteiger partial charge in [-0.25, -0.2) is 19.0 Å². The van der Waals surface area contributed by atoms with Crippen LogP contribution in [0.4, 0.5) is 10.2 Å². The largest absolute Gasteiger partial charge is 0.484 e. The van der Waals surface area contributed by atoms with Crippen LogP contribution in [0.2, 0.25) is 0 Å². The summed E-state index contributed by atoms with van der Waals surface area (Å²) in [5.74, 6) is -0.114. The number of anilines is 1. The molecule has 3 aromatic heterocycles. The minimum Gasteiger partial charge on any atom is -0.484 e. The van der Waals surface area contributed by atoms with Gasteiger partial charge in [-0.3, -0.25) is 9.78 Å². The number of nitrogen functional groups attached to an aromatic ring is 1. The van der Waals surface area contributed by atoms with Crippen LogP contribution in [-0.4, -0.2) is 49.0 Å². The van der Waals surface area contributed by atoms with Gasteiger partial charge < -0.3 is 15.4 Å². The molecule has 4 aromatic rings. The van der Waals surface area contributed by atoms with E-state index in [1.165, 1.54) is 18.5 Å². The van der Waals surface area contributed by atoms with Gasteiger partial charge in [0, 0.05) is 31.0 Å².